The summed E-state index contributed by atoms with van der Waals surface area (Å²) in [7, 11) is -2.81. The summed E-state index contributed by atoms with van der Waals surface area (Å²) in [6.45, 7) is 5.40. The molecule has 0 aliphatic carbocycles. The highest BCUT2D eigenvalue weighted by Gasteiger charge is 2.69. The van der Waals surface area contributed by atoms with Crippen LogP contribution >= 0.6 is 0 Å². The van der Waals surface area contributed by atoms with Gasteiger partial charge >= 0.3 is 20.9 Å². The third-order valence-corrected chi connectivity index (χ3v) is 6.07. The first kappa shape index (κ1) is 20.7. The van der Waals surface area contributed by atoms with Crippen molar-refractivity contribution in [2.24, 2.45) is 0 Å². The molecule has 0 aromatic rings. The molecule has 128 valence electrons. The van der Waals surface area contributed by atoms with Crippen molar-refractivity contribution in [2.75, 3.05) is 13.2 Å². The van der Waals surface area contributed by atoms with Crippen molar-refractivity contribution in [1.29, 1.82) is 0 Å². The van der Waals surface area contributed by atoms with Crippen LogP contribution in [0, 0.1) is 0 Å². The summed E-state index contributed by atoms with van der Waals surface area (Å²) in [4.78, 5) is 0. The molecule has 0 spiro atoms. The molecule has 0 aromatic carbocycles. The molecule has 3 nitrogen and oxygen atoms in total. The molecule has 0 bridgehead atoms. The molecular formula is C11H20F6O3Si. The zero-order valence-electron chi connectivity index (χ0n) is 12.1. The average molecular weight is 342 g/mol. The molecule has 0 saturated carbocycles. The predicted molar refractivity (Wildman–Crippen MR) is 66.0 cm³/mol. The molecule has 0 fully saturated rings. The molecular weight excluding hydrogens is 322 g/mol. The summed E-state index contributed by atoms with van der Waals surface area (Å²) in [5, 5.41) is 9.02. The van der Waals surface area contributed by atoms with Gasteiger partial charge in [-0.3, -0.25) is 0 Å². The van der Waals surface area contributed by atoms with E-state index in [1.807, 2.05) is 0 Å². The Morgan fingerprint density at radius 2 is 1.29 bits per heavy atom. The maximum atomic E-state index is 12.5. The van der Waals surface area contributed by atoms with Crippen LogP contribution < -0.4 is 0 Å². The van der Waals surface area contributed by atoms with E-state index in [1.54, 1.807) is 20.4 Å². The average Bonchev–Trinajstić information content (AvgIpc) is 2.26. The van der Waals surface area contributed by atoms with Crippen LogP contribution in [0.15, 0.2) is 0 Å². The second-order valence-electron chi connectivity index (χ2n) is 4.71. The van der Waals surface area contributed by atoms with Crippen LogP contribution in [-0.4, -0.2) is 44.8 Å². The van der Waals surface area contributed by atoms with Crippen molar-refractivity contribution in [3.05, 3.63) is 0 Å². The molecule has 1 N–H and O–H groups in total. The summed E-state index contributed by atoms with van der Waals surface area (Å²) in [6.07, 6.45) is -13.5. The molecule has 0 radical (unpaired) electrons. The van der Waals surface area contributed by atoms with E-state index in [0.717, 1.165) is 0 Å². The molecule has 0 rings (SSSR count). The fourth-order valence-corrected chi connectivity index (χ4v) is 4.32. The quantitative estimate of drug-likeness (QED) is 0.539. The highest BCUT2D eigenvalue weighted by molar-refractivity contribution is 6.66. The van der Waals surface area contributed by atoms with Gasteiger partial charge in [0.25, 0.3) is 5.60 Å². The van der Waals surface area contributed by atoms with E-state index in [4.69, 9.17) is 14.0 Å². The van der Waals surface area contributed by atoms with E-state index in [-0.39, 0.29) is 19.3 Å². The summed E-state index contributed by atoms with van der Waals surface area (Å²) >= 11 is 0. The molecule has 0 aliphatic rings. The largest absolute Gasteiger partial charge is 0.426 e. The standard InChI is InChI=1S/C11H20F6O3Si/c1-4-19-21(3,20-5-2)8-6-7-9(18,10(12,13)14)11(15,16)17/h18H,4-8H2,1-3H3. The second-order valence-corrected chi connectivity index (χ2v) is 8.05. The minimum Gasteiger partial charge on any atom is -0.395 e. The Morgan fingerprint density at radius 1 is 0.905 bits per heavy atom. The second kappa shape index (κ2) is 7.29. The van der Waals surface area contributed by atoms with E-state index in [2.05, 4.69) is 0 Å². The summed E-state index contributed by atoms with van der Waals surface area (Å²) < 4.78 is 85.6. The van der Waals surface area contributed by atoms with E-state index >= 15 is 0 Å². The molecule has 0 aliphatic heterocycles. The maximum Gasteiger partial charge on any atom is 0.426 e. The minimum atomic E-state index is -5.78. The van der Waals surface area contributed by atoms with E-state index in [1.165, 1.54) is 0 Å². The lowest BCUT2D eigenvalue weighted by atomic mass is 9.97. The Balaban J connectivity index is 4.87. The number of aliphatic hydroxyl groups is 1. The van der Waals surface area contributed by atoms with Crippen molar-refractivity contribution >= 4 is 8.56 Å². The molecule has 0 unspecified atom stereocenters. The van der Waals surface area contributed by atoms with Crippen LogP contribution in [-0.2, 0) is 8.85 Å². The van der Waals surface area contributed by atoms with E-state index in [9.17, 15) is 26.3 Å². The molecule has 10 heteroatoms. The van der Waals surface area contributed by atoms with Gasteiger partial charge in [0.1, 0.15) is 0 Å². The van der Waals surface area contributed by atoms with Crippen LogP contribution in [0.5, 0.6) is 0 Å². The zero-order valence-corrected chi connectivity index (χ0v) is 13.1. The Labute approximate surface area is 120 Å². The first-order valence-electron chi connectivity index (χ1n) is 6.46. The lowest BCUT2D eigenvalue weighted by molar-refractivity contribution is -0.370. The molecule has 21 heavy (non-hydrogen) atoms. The first-order valence-corrected chi connectivity index (χ1v) is 8.99. The van der Waals surface area contributed by atoms with Gasteiger partial charge in [0.05, 0.1) is 0 Å². The highest BCUT2D eigenvalue weighted by atomic mass is 28.4. The lowest BCUT2D eigenvalue weighted by Crippen LogP contribution is -2.57. The Morgan fingerprint density at radius 3 is 1.57 bits per heavy atom. The normalized spacial score (nSPS) is 14.6. The SMILES string of the molecule is CCO[Si](C)(CCCC(O)(C(F)(F)F)C(F)(F)F)OCC. The number of rotatable bonds is 8. The topological polar surface area (TPSA) is 38.7 Å². The Hall–Kier alpha value is -0.323. The summed E-state index contributed by atoms with van der Waals surface area (Å²) in [5.74, 6) is 0. The van der Waals surface area contributed by atoms with Crippen molar-refractivity contribution in [2.45, 2.75) is 57.2 Å². The number of hydrogen-bond donors (Lipinski definition) is 1. The van der Waals surface area contributed by atoms with Crippen LogP contribution in [0.25, 0.3) is 0 Å². The smallest absolute Gasteiger partial charge is 0.395 e. The number of alkyl halides is 6. The first-order chi connectivity index (χ1) is 9.33. The van der Waals surface area contributed by atoms with Gasteiger partial charge in [-0.2, -0.15) is 26.3 Å². The van der Waals surface area contributed by atoms with Crippen LogP contribution in [0.4, 0.5) is 26.3 Å². The van der Waals surface area contributed by atoms with E-state index in [0.29, 0.717) is 0 Å². The van der Waals surface area contributed by atoms with Gasteiger partial charge in [-0.1, -0.05) is 0 Å². The summed E-state index contributed by atoms with van der Waals surface area (Å²) in [5.41, 5.74) is -4.70. The number of hydrogen-bond acceptors (Lipinski definition) is 3. The number of halogens is 6. The van der Waals surface area contributed by atoms with Gasteiger partial charge in [-0.15, -0.1) is 0 Å². The van der Waals surface area contributed by atoms with Gasteiger partial charge < -0.3 is 14.0 Å². The van der Waals surface area contributed by atoms with E-state index < -0.39 is 39.4 Å². The molecule has 0 aromatic heterocycles. The van der Waals surface area contributed by atoms with Crippen molar-refractivity contribution in [1.82, 2.24) is 0 Å². The molecule has 0 amide bonds. The molecule has 0 atom stereocenters. The minimum absolute atomic E-state index is 0.0663. The zero-order chi connectivity index (χ0) is 16.9. The predicted octanol–water partition coefficient (Wildman–Crippen LogP) is 3.77. The fourth-order valence-electron chi connectivity index (χ4n) is 1.91. The third kappa shape index (κ3) is 5.42. The highest BCUT2D eigenvalue weighted by Crippen LogP contribution is 2.46. The van der Waals surface area contributed by atoms with Crippen molar-refractivity contribution in [3.8, 4) is 0 Å². The van der Waals surface area contributed by atoms with Gasteiger partial charge in [0, 0.05) is 13.2 Å². The van der Waals surface area contributed by atoms with Gasteiger partial charge in [0.2, 0.25) is 0 Å². The lowest BCUT2D eigenvalue weighted by Gasteiger charge is -2.33. The monoisotopic (exact) mass is 342 g/mol. The summed E-state index contributed by atoms with van der Waals surface area (Å²) in [6, 6.07) is -0.0663. The van der Waals surface area contributed by atoms with Gasteiger partial charge in [-0.05, 0) is 39.3 Å². The van der Waals surface area contributed by atoms with Crippen molar-refractivity contribution < 1.29 is 40.3 Å². The van der Waals surface area contributed by atoms with Crippen LogP contribution in [0.1, 0.15) is 26.7 Å². The maximum absolute atomic E-state index is 12.5. The fraction of sp³-hybridized carbons (Fsp3) is 1.00. The molecule has 0 saturated heterocycles. The molecule has 0 heterocycles. The van der Waals surface area contributed by atoms with Gasteiger partial charge in [-0.25, -0.2) is 0 Å². The Bertz CT molecular complexity index is 298. The third-order valence-electron chi connectivity index (χ3n) is 3.01. The van der Waals surface area contributed by atoms with Crippen molar-refractivity contribution in [3.63, 3.8) is 0 Å². The van der Waals surface area contributed by atoms with Gasteiger partial charge in [0.15, 0.2) is 0 Å². The van der Waals surface area contributed by atoms with Crippen LogP contribution in [0.3, 0.4) is 0 Å². The van der Waals surface area contributed by atoms with Crippen LogP contribution in [0.2, 0.25) is 12.6 Å². The Kier molecular flexibility index (Phi) is 7.18.